The van der Waals surface area contributed by atoms with Gasteiger partial charge in [0, 0.05) is 17.1 Å². The van der Waals surface area contributed by atoms with E-state index < -0.39 is 5.41 Å². The molecule has 8 aromatic rings. The molecule has 0 aliphatic heterocycles. The van der Waals surface area contributed by atoms with Crippen molar-refractivity contribution in [3.8, 4) is 22.3 Å². The fourth-order valence-electron chi connectivity index (χ4n) is 8.69. The maximum atomic E-state index is 2.51. The second-order valence-electron chi connectivity index (χ2n) is 13.2. The fraction of sp³-hybridized carbons (Fsp3) is 0.0638. The highest BCUT2D eigenvalue weighted by Gasteiger charge is 2.52. The molecule has 2 aliphatic rings. The summed E-state index contributed by atoms with van der Waals surface area (Å²) >= 11 is 0. The largest absolute Gasteiger partial charge is 0.310 e. The maximum absolute atomic E-state index is 2.51. The molecule has 8 aromatic carbocycles. The number of nitrogens with zero attached hydrogens (tertiary/aromatic N) is 1. The van der Waals surface area contributed by atoms with Gasteiger partial charge in [0.1, 0.15) is 0 Å². The van der Waals surface area contributed by atoms with Gasteiger partial charge in [-0.15, -0.1) is 0 Å². The molecule has 0 aromatic heterocycles. The lowest BCUT2D eigenvalue weighted by Gasteiger charge is -2.31. The molecule has 226 valence electrons. The number of benzene rings is 8. The molecule has 0 saturated carbocycles. The van der Waals surface area contributed by atoms with Gasteiger partial charge >= 0.3 is 0 Å². The summed E-state index contributed by atoms with van der Waals surface area (Å²) in [6, 6.07) is 63.4. The average molecular weight is 612 g/mol. The molecule has 0 saturated heterocycles. The molecule has 0 amide bonds. The van der Waals surface area contributed by atoms with Crippen LogP contribution in [0.1, 0.15) is 34.7 Å². The first-order chi connectivity index (χ1) is 23.8. The van der Waals surface area contributed by atoms with E-state index in [1.165, 1.54) is 71.6 Å². The molecule has 0 unspecified atom stereocenters. The van der Waals surface area contributed by atoms with Gasteiger partial charge in [-0.2, -0.15) is 0 Å². The van der Waals surface area contributed by atoms with Crippen molar-refractivity contribution in [1.29, 1.82) is 0 Å². The third-order valence-corrected chi connectivity index (χ3v) is 10.8. The summed E-state index contributed by atoms with van der Waals surface area (Å²) < 4.78 is 0. The van der Waals surface area contributed by atoms with Crippen molar-refractivity contribution in [1.82, 2.24) is 0 Å². The minimum Gasteiger partial charge on any atom is -0.310 e. The van der Waals surface area contributed by atoms with Gasteiger partial charge in [0.15, 0.2) is 0 Å². The third kappa shape index (κ3) is 3.67. The van der Waals surface area contributed by atoms with E-state index in [-0.39, 0.29) is 0 Å². The topological polar surface area (TPSA) is 3.24 Å². The van der Waals surface area contributed by atoms with E-state index >= 15 is 0 Å². The Kier molecular flexibility index (Phi) is 5.83. The van der Waals surface area contributed by atoms with Crippen LogP contribution in [0.2, 0.25) is 0 Å². The van der Waals surface area contributed by atoms with Crippen LogP contribution in [0.5, 0.6) is 0 Å². The van der Waals surface area contributed by atoms with E-state index in [0.29, 0.717) is 0 Å². The van der Waals surface area contributed by atoms with Crippen molar-refractivity contribution in [2.75, 3.05) is 4.90 Å². The quantitative estimate of drug-likeness (QED) is 0.191. The second-order valence-corrected chi connectivity index (χ2v) is 13.2. The minimum absolute atomic E-state index is 0.405. The number of hydrogen-bond acceptors (Lipinski definition) is 1. The Morgan fingerprint density at radius 2 is 1.04 bits per heavy atom. The molecular formula is C47H33N. The van der Waals surface area contributed by atoms with E-state index in [1.807, 2.05) is 0 Å². The Bertz CT molecular complexity index is 2500. The first-order valence-electron chi connectivity index (χ1n) is 17.0. The zero-order valence-electron chi connectivity index (χ0n) is 26.8. The Morgan fingerprint density at radius 3 is 1.79 bits per heavy atom. The Hall–Kier alpha value is -5.92. The highest BCUT2D eigenvalue weighted by Crippen LogP contribution is 2.64. The molecule has 1 nitrogen and oxygen atoms in total. The van der Waals surface area contributed by atoms with Gasteiger partial charge in [-0.1, -0.05) is 128 Å². The van der Waals surface area contributed by atoms with Crippen LogP contribution in [0, 0.1) is 0 Å². The van der Waals surface area contributed by atoms with Gasteiger partial charge in [0.25, 0.3) is 0 Å². The molecule has 0 fully saturated rings. The lowest BCUT2D eigenvalue weighted by molar-refractivity contribution is 0.802. The van der Waals surface area contributed by atoms with Crippen LogP contribution in [-0.4, -0.2) is 0 Å². The Labute approximate surface area is 281 Å². The number of fused-ring (bicyclic) bond motifs is 13. The maximum Gasteiger partial charge on any atom is 0.0731 e. The third-order valence-electron chi connectivity index (χ3n) is 10.8. The predicted molar refractivity (Wildman–Crippen MR) is 202 cm³/mol. The Balaban J connectivity index is 1.27. The highest BCUT2D eigenvalue weighted by molar-refractivity contribution is 6.06. The molecular weight excluding hydrogens is 579 g/mol. The van der Waals surface area contributed by atoms with Gasteiger partial charge in [-0.3, -0.25) is 0 Å². The zero-order valence-corrected chi connectivity index (χ0v) is 26.8. The molecule has 0 radical (unpaired) electrons. The monoisotopic (exact) mass is 611 g/mol. The predicted octanol–water partition coefficient (Wildman–Crippen LogP) is 12.4. The van der Waals surface area contributed by atoms with E-state index in [1.54, 1.807) is 0 Å². The molecule has 1 spiro atoms. The summed E-state index contributed by atoms with van der Waals surface area (Å²) in [7, 11) is 0. The van der Waals surface area contributed by atoms with Crippen molar-refractivity contribution >= 4 is 38.6 Å². The summed E-state index contributed by atoms with van der Waals surface area (Å²) in [6.45, 7) is 2.21. The minimum atomic E-state index is -0.405. The summed E-state index contributed by atoms with van der Waals surface area (Å²) in [5.41, 5.74) is 15.3. The van der Waals surface area contributed by atoms with E-state index in [0.717, 1.165) is 23.5 Å². The number of hydrogen-bond donors (Lipinski definition) is 0. The lowest BCUT2D eigenvalue weighted by Crippen LogP contribution is -2.26. The molecule has 0 heterocycles. The van der Waals surface area contributed by atoms with Gasteiger partial charge in [0.2, 0.25) is 0 Å². The van der Waals surface area contributed by atoms with Crippen molar-refractivity contribution in [3.63, 3.8) is 0 Å². The first kappa shape index (κ1) is 27.2. The molecule has 10 rings (SSSR count). The van der Waals surface area contributed by atoms with Gasteiger partial charge in [0.05, 0.1) is 5.41 Å². The molecule has 1 heteroatoms. The van der Waals surface area contributed by atoms with Crippen LogP contribution in [0.15, 0.2) is 170 Å². The summed E-state index contributed by atoms with van der Waals surface area (Å²) in [5.74, 6) is 0. The average Bonchev–Trinajstić information content (AvgIpc) is 3.61. The van der Waals surface area contributed by atoms with Crippen molar-refractivity contribution in [3.05, 3.63) is 198 Å². The van der Waals surface area contributed by atoms with Gasteiger partial charge in [-0.25, -0.2) is 0 Å². The number of rotatable bonds is 4. The van der Waals surface area contributed by atoms with Crippen LogP contribution < -0.4 is 4.90 Å². The fourth-order valence-corrected chi connectivity index (χ4v) is 8.69. The first-order valence-corrected chi connectivity index (χ1v) is 17.0. The highest BCUT2D eigenvalue weighted by atomic mass is 15.1. The van der Waals surface area contributed by atoms with E-state index in [2.05, 4.69) is 182 Å². The second kappa shape index (κ2) is 10.3. The number of aryl methyl sites for hydroxylation is 1. The van der Waals surface area contributed by atoms with Crippen LogP contribution in [0.3, 0.4) is 0 Å². The number of para-hydroxylation sites is 1. The summed E-state index contributed by atoms with van der Waals surface area (Å²) in [5, 5.41) is 5.11. The molecule has 0 atom stereocenters. The molecule has 0 N–H and O–H groups in total. The van der Waals surface area contributed by atoms with Crippen LogP contribution in [0.25, 0.3) is 43.8 Å². The van der Waals surface area contributed by atoms with Crippen molar-refractivity contribution in [2.24, 2.45) is 0 Å². The van der Waals surface area contributed by atoms with Gasteiger partial charge < -0.3 is 4.90 Å². The van der Waals surface area contributed by atoms with Gasteiger partial charge in [-0.05, 0) is 127 Å². The summed E-state index contributed by atoms with van der Waals surface area (Å²) in [4.78, 5) is 2.38. The van der Waals surface area contributed by atoms with Crippen molar-refractivity contribution in [2.45, 2.75) is 18.8 Å². The van der Waals surface area contributed by atoms with Crippen LogP contribution >= 0.6 is 0 Å². The lowest BCUT2D eigenvalue weighted by atomic mass is 9.69. The van der Waals surface area contributed by atoms with Crippen LogP contribution in [-0.2, 0) is 11.8 Å². The normalized spacial score (nSPS) is 13.4. The Morgan fingerprint density at radius 1 is 0.417 bits per heavy atom. The van der Waals surface area contributed by atoms with E-state index in [9.17, 15) is 0 Å². The molecule has 48 heavy (non-hydrogen) atoms. The SMILES string of the molecule is CCc1ccc(N(c2ccccc2)c2ccc3cc4c(cc3c2)C2(c3ccccc3-c3ccccc32)c2c-4ccc3ccccc23)cc1. The van der Waals surface area contributed by atoms with Crippen LogP contribution in [0.4, 0.5) is 17.1 Å². The zero-order chi connectivity index (χ0) is 31.8. The van der Waals surface area contributed by atoms with E-state index in [4.69, 9.17) is 0 Å². The standard InChI is InChI=1S/C47H33N/c1-2-31-20-24-36(25-21-31)48(35-13-4-3-5-14-35)37-26-22-33-29-42-41-27-23-32-12-6-7-15-38(32)46(41)47(45(42)30-34(33)28-37)43-18-10-8-16-39(43)40-17-9-11-19-44(40)47/h3-30H,2H2,1H3. The smallest absolute Gasteiger partial charge is 0.0731 e. The molecule has 0 bridgehead atoms. The molecule has 2 aliphatic carbocycles. The number of anilines is 3. The summed E-state index contributed by atoms with van der Waals surface area (Å²) in [6.07, 6.45) is 1.03. The van der Waals surface area contributed by atoms with Crippen molar-refractivity contribution < 1.29 is 0 Å².